The molecule has 1 amide bonds. The van der Waals surface area contributed by atoms with Crippen molar-refractivity contribution in [2.45, 2.75) is 117 Å². The zero-order valence-electron chi connectivity index (χ0n) is 22.4. The first kappa shape index (κ1) is 23.1. The Morgan fingerprint density at radius 3 is 1.87 bits per heavy atom. The Hall–Kier alpha value is -1.59. The fourth-order valence-electron chi connectivity index (χ4n) is 3.18. The minimum Gasteiger partial charge on any atom is -0.464 e. The lowest BCUT2D eigenvalue weighted by Gasteiger charge is -2.19. The zero-order chi connectivity index (χ0) is 25.0. The molecule has 0 aliphatic carbocycles. The molecule has 6 heteroatoms. The van der Waals surface area contributed by atoms with E-state index in [4.69, 9.17) is 14.3 Å². The standard InChI is InChI=1S/C24H47N3O3/c1-4-6-8-10-11-12-13-14-15-17-19-22(28)26-24(25)27(3)21-23(29)30-20-18-16-9-7-5-2/h4-21H2,1-3H3,(H2,25,26,28)/i3D3. The van der Waals surface area contributed by atoms with Gasteiger partial charge in [0.25, 0.3) is 0 Å². The number of guanidine groups is 1. The molecule has 30 heavy (non-hydrogen) atoms. The third kappa shape index (κ3) is 18.4. The lowest BCUT2D eigenvalue weighted by Crippen LogP contribution is -2.43. The van der Waals surface area contributed by atoms with Crippen molar-refractivity contribution in [3.05, 3.63) is 0 Å². The number of nitrogens with one attached hydrogen (secondary N) is 2. The number of hydrogen-bond acceptors (Lipinski definition) is 4. The summed E-state index contributed by atoms with van der Waals surface area (Å²) < 4.78 is 27.9. The molecule has 0 aromatic heterocycles. The van der Waals surface area contributed by atoms with Crippen LogP contribution in [0.5, 0.6) is 0 Å². The van der Waals surface area contributed by atoms with Gasteiger partial charge >= 0.3 is 5.97 Å². The predicted octanol–water partition coefficient (Wildman–Crippen LogP) is 5.79. The number of esters is 1. The van der Waals surface area contributed by atoms with Crippen LogP contribution in [-0.2, 0) is 14.3 Å². The molecule has 0 rings (SSSR count). The number of nitrogens with zero attached hydrogens (tertiary/aromatic N) is 1. The number of carbonyl (C=O) groups is 2. The second-order valence-corrected chi connectivity index (χ2v) is 8.05. The highest BCUT2D eigenvalue weighted by Crippen LogP contribution is 2.11. The van der Waals surface area contributed by atoms with Gasteiger partial charge in [-0.25, -0.2) is 0 Å². The highest BCUT2D eigenvalue weighted by atomic mass is 16.5. The monoisotopic (exact) mass is 428 g/mol. The van der Waals surface area contributed by atoms with Crippen molar-refractivity contribution < 1.29 is 18.4 Å². The molecular formula is C24H47N3O3. The van der Waals surface area contributed by atoms with Crippen molar-refractivity contribution in [1.82, 2.24) is 10.2 Å². The molecule has 0 unspecified atom stereocenters. The van der Waals surface area contributed by atoms with Crippen molar-refractivity contribution >= 4 is 17.8 Å². The normalized spacial score (nSPS) is 12.5. The second kappa shape index (κ2) is 20.7. The molecule has 0 bridgehead atoms. The lowest BCUT2D eigenvalue weighted by molar-refractivity contribution is -0.144. The maximum Gasteiger partial charge on any atom is 0.325 e. The van der Waals surface area contributed by atoms with Gasteiger partial charge in [-0.05, 0) is 12.8 Å². The Labute approximate surface area is 189 Å². The highest BCUT2D eigenvalue weighted by molar-refractivity contribution is 5.96. The topological polar surface area (TPSA) is 82.5 Å². The number of carbonyl (C=O) groups excluding carboxylic acids is 2. The number of likely N-dealkylation sites (N-methyl/N-ethyl adjacent to an activating group) is 1. The smallest absolute Gasteiger partial charge is 0.325 e. The van der Waals surface area contributed by atoms with Gasteiger partial charge in [-0.1, -0.05) is 97.3 Å². The first-order valence-corrected chi connectivity index (χ1v) is 12.0. The fourth-order valence-corrected chi connectivity index (χ4v) is 3.18. The van der Waals surface area contributed by atoms with E-state index in [9.17, 15) is 9.59 Å². The molecule has 176 valence electrons. The van der Waals surface area contributed by atoms with Crippen LogP contribution in [0, 0.1) is 5.41 Å². The maximum absolute atomic E-state index is 12.1. The number of ether oxygens (including phenoxy) is 1. The van der Waals surface area contributed by atoms with Crippen LogP contribution in [0.25, 0.3) is 0 Å². The average molecular weight is 429 g/mol. The van der Waals surface area contributed by atoms with Crippen molar-refractivity contribution in [3.63, 3.8) is 0 Å². The van der Waals surface area contributed by atoms with E-state index in [2.05, 4.69) is 19.2 Å². The molecule has 0 heterocycles. The highest BCUT2D eigenvalue weighted by Gasteiger charge is 2.13. The summed E-state index contributed by atoms with van der Waals surface area (Å²) in [5, 5.41) is 10.3. The van der Waals surface area contributed by atoms with Gasteiger partial charge in [0.05, 0.1) is 6.61 Å². The van der Waals surface area contributed by atoms with Crippen LogP contribution >= 0.6 is 0 Å². The van der Waals surface area contributed by atoms with Crippen molar-refractivity contribution in [2.24, 2.45) is 0 Å². The van der Waals surface area contributed by atoms with E-state index in [1.165, 1.54) is 38.5 Å². The average Bonchev–Trinajstić information content (AvgIpc) is 2.74. The molecule has 0 radical (unpaired) electrons. The molecule has 0 atom stereocenters. The third-order valence-electron chi connectivity index (χ3n) is 5.08. The molecule has 0 fully saturated rings. The molecular weight excluding hydrogens is 378 g/mol. The molecule has 6 nitrogen and oxygen atoms in total. The van der Waals surface area contributed by atoms with Gasteiger partial charge in [-0.15, -0.1) is 0 Å². The van der Waals surface area contributed by atoms with Crippen molar-refractivity contribution in [2.75, 3.05) is 20.1 Å². The largest absolute Gasteiger partial charge is 0.464 e. The summed E-state index contributed by atoms with van der Waals surface area (Å²) in [6.07, 6.45) is 16.8. The van der Waals surface area contributed by atoms with Gasteiger partial charge in [0.2, 0.25) is 5.91 Å². The number of rotatable bonds is 19. The molecule has 0 aliphatic rings. The van der Waals surface area contributed by atoms with E-state index in [1.807, 2.05) is 0 Å². The fraction of sp³-hybridized carbons (Fsp3) is 0.875. The molecule has 0 saturated carbocycles. The molecule has 0 saturated heterocycles. The van der Waals surface area contributed by atoms with Gasteiger partial charge < -0.3 is 9.64 Å². The Balaban J connectivity index is 4.14. The van der Waals surface area contributed by atoms with E-state index >= 15 is 0 Å². The minimum absolute atomic E-state index is 0.232. The number of unbranched alkanes of at least 4 members (excludes halogenated alkanes) is 13. The third-order valence-corrected chi connectivity index (χ3v) is 5.08. The first-order chi connectivity index (χ1) is 15.7. The van der Waals surface area contributed by atoms with E-state index in [0.717, 1.165) is 51.4 Å². The van der Waals surface area contributed by atoms with E-state index in [0.29, 0.717) is 11.3 Å². The predicted molar refractivity (Wildman–Crippen MR) is 125 cm³/mol. The first-order valence-electron chi connectivity index (χ1n) is 13.5. The van der Waals surface area contributed by atoms with Crippen LogP contribution in [0.3, 0.4) is 0 Å². The molecule has 0 aromatic rings. The zero-order valence-corrected chi connectivity index (χ0v) is 19.4. The SMILES string of the molecule is [2H]C([2H])([2H])N(CC(=O)OCCCCCCC)C(=N)NC(=O)CCCCCCCCCCCC. The van der Waals surface area contributed by atoms with Crippen LogP contribution in [0.4, 0.5) is 0 Å². The van der Waals surface area contributed by atoms with Gasteiger partial charge in [0, 0.05) is 17.5 Å². The Morgan fingerprint density at radius 1 is 0.833 bits per heavy atom. The minimum atomic E-state index is -2.72. The summed E-state index contributed by atoms with van der Waals surface area (Å²) >= 11 is 0. The maximum atomic E-state index is 12.1. The second-order valence-electron chi connectivity index (χ2n) is 8.05. The van der Waals surface area contributed by atoms with Gasteiger partial charge in [-0.3, -0.25) is 20.3 Å². The Bertz CT molecular complexity index is 543. The molecule has 0 spiro atoms. The molecule has 0 aromatic carbocycles. The van der Waals surface area contributed by atoms with Crippen molar-refractivity contribution in [3.8, 4) is 0 Å². The van der Waals surface area contributed by atoms with Crippen LogP contribution in [0.2, 0.25) is 0 Å². The summed E-state index contributed by atoms with van der Waals surface area (Å²) in [4.78, 5) is 24.8. The summed E-state index contributed by atoms with van der Waals surface area (Å²) in [5.41, 5.74) is 0. The van der Waals surface area contributed by atoms with Crippen LogP contribution in [0.1, 0.15) is 121 Å². The molecule has 2 N–H and O–H groups in total. The van der Waals surface area contributed by atoms with Gasteiger partial charge in [0.15, 0.2) is 5.96 Å². The Morgan fingerprint density at radius 2 is 1.33 bits per heavy atom. The lowest BCUT2D eigenvalue weighted by atomic mass is 10.1. The van der Waals surface area contributed by atoms with E-state index in [1.54, 1.807) is 0 Å². The summed E-state index contributed by atoms with van der Waals surface area (Å²) in [6.45, 7) is 1.25. The summed E-state index contributed by atoms with van der Waals surface area (Å²) in [7, 11) is 0. The van der Waals surface area contributed by atoms with Crippen LogP contribution in [-0.4, -0.2) is 42.9 Å². The quantitative estimate of drug-likeness (QED) is 0.118. The number of amides is 1. The summed E-state index contributed by atoms with van der Waals surface area (Å²) in [5.74, 6) is -1.71. The van der Waals surface area contributed by atoms with Crippen molar-refractivity contribution in [1.29, 1.82) is 5.41 Å². The van der Waals surface area contributed by atoms with Gasteiger partial charge in [0.1, 0.15) is 6.54 Å². The van der Waals surface area contributed by atoms with E-state index < -0.39 is 31.4 Å². The summed E-state index contributed by atoms with van der Waals surface area (Å²) in [6, 6.07) is 0. The number of hydrogen-bond donors (Lipinski definition) is 2. The van der Waals surface area contributed by atoms with Crippen LogP contribution < -0.4 is 5.32 Å². The van der Waals surface area contributed by atoms with E-state index in [-0.39, 0.29) is 13.0 Å². The van der Waals surface area contributed by atoms with Gasteiger partial charge in [-0.2, -0.15) is 0 Å². The van der Waals surface area contributed by atoms with Crippen LogP contribution in [0.15, 0.2) is 0 Å². The Kier molecular flexibility index (Phi) is 15.9. The molecule has 0 aliphatic heterocycles.